The van der Waals surface area contributed by atoms with Crippen LogP contribution in [0.5, 0.6) is 0 Å². The second-order valence-electron chi connectivity index (χ2n) is 6.50. The number of anilines is 2. The van der Waals surface area contributed by atoms with Gasteiger partial charge in [0.05, 0.1) is 0 Å². The topological polar surface area (TPSA) is 49.8 Å². The molecule has 0 aliphatic heterocycles. The molecule has 0 amide bonds. The molecule has 1 aromatic carbocycles. The van der Waals surface area contributed by atoms with Gasteiger partial charge in [-0.3, -0.25) is 0 Å². The lowest BCUT2D eigenvalue weighted by Crippen LogP contribution is -2.19. The van der Waals surface area contributed by atoms with Gasteiger partial charge in [0.2, 0.25) is 5.95 Å². The van der Waals surface area contributed by atoms with Crippen LogP contribution >= 0.6 is 0 Å². The van der Waals surface area contributed by atoms with Crippen LogP contribution in [0, 0.1) is 12.7 Å². The van der Waals surface area contributed by atoms with E-state index in [1.165, 1.54) is 44.6 Å². The molecule has 0 saturated heterocycles. The van der Waals surface area contributed by atoms with E-state index in [2.05, 4.69) is 20.6 Å². The molecule has 0 bridgehead atoms. The SMILES string of the molecule is Cc1cc(NC2CCCCCC2)nc(NCc2ccccc2F)n1. The Kier molecular flexibility index (Phi) is 5.62. The maximum absolute atomic E-state index is 13.7. The van der Waals surface area contributed by atoms with Crippen LogP contribution in [0.2, 0.25) is 0 Å². The maximum atomic E-state index is 13.7. The summed E-state index contributed by atoms with van der Waals surface area (Å²) in [7, 11) is 0. The molecule has 0 radical (unpaired) electrons. The van der Waals surface area contributed by atoms with Crippen LogP contribution < -0.4 is 10.6 Å². The molecule has 24 heavy (non-hydrogen) atoms. The Morgan fingerprint density at radius 3 is 2.58 bits per heavy atom. The summed E-state index contributed by atoms with van der Waals surface area (Å²) in [6, 6.07) is 9.21. The molecule has 128 valence electrons. The fraction of sp³-hybridized carbons (Fsp3) is 0.474. The van der Waals surface area contributed by atoms with Crippen molar-refractivity contribution in [2.24, 2.45) is 0 Å². The van der Waals surface area contributed by atoms with Crippen LogP contribution in [0.25, 0.3) is 0 Å². The van der Waals surface area contributed by atoms with Gasteiger partial charge < -0.3 is 10.6 Å². The van der Waals surface area contributed by atoms with E-state index in [4.69, 9.17) is 0 Å². The predicted octanol–water partition coefficient (Wildman–Crippen LogP) is 4.67. The largest absolute Gasteiger partial charge is 0.367 e. The summed E-state index contributed by atoms with van der Waals surface area (Å²) in [6.07, 6.45) is 7.61. The Bertz CT molecular complexity index is 666. The van der Waals surface area contributed by atoms with Crippen molar-refractivity contribution in [1.29, 1.82) is 0 Å². The number of aryl methyl sites for hydroxylation is 1. The monoisotopic (exact) mass is 328 g/mol. The van der Waals surface area contributed by atoms with Gasteiger partial charge in [-0.25, -0.2) is 9.37 Å². The van der Waals surface area contributed by atoms with Crippen molar-refractivity contribution in [3.8, 4) is 0 Å². The molecule has 0 unspecified atom stereocenters. The van der Waals surface area contributed by atoms with Gasteiger partial charge >= 0.3 is 0 Å². The number of nitrogens with one attached hydrogen (secondary N) is 2. The van der Waals surface area contributed by atoms with Crippen molar-refractivity contribution < 1.29 is 4.39 Å². The minimum absolute atomic E-state index is 0.213. The Balaban J connectivity index is 1.66. The fourth-order valence-corrected chi connectivity index (χ4v) is 3.17. The molecule has 3 rings (SSSR count). The van der Waals surface area contributed by atoms with E-state index in [1.807, 2.05) is 19.1 Å². The van der Waals surface area contributed by atoms with Gasteiger partial charge in [0.25, 0.3) is 0 Å². The molecule has 1 fully saturated rings. The first-order chi connectivity index (χ1) is 11.7. The van der Waals surface area contributed by atoms with E-state index in [0.717, 1.165) is 11.5 Å². The van der Waals surface area contributed by atoms with Gasteiger partial charge in [-0.2, -0.15) is 4.98 Å². The molecule has 5 heteroatoms. The molecule has 1 aromatic heterocycles. The van der Waals surface area contributed by atoms with E-state index in [-0.39, 0.29) is 5.82 Å². The molecule has 1 heterocycles. The van der Waals surface area contributed by atoms with Crippen molar-refractivity contribution >= 4 is 11.8 Å². The summed E-state index contributed by atoms with van der Waals surface area (Å²) < 4.78 is 13.7. The lowest BCUT2D eigenvalue weighted by atomic mass is 10.1. The molecular weight excluding hydrogens is 303 g/mol. The first-order valence-corrected chi connectivity index (χ1v) is 8.80. The predicted molar refractivity (Wildman–Crippen MR) is 95.6 cm³/mol. The summed E-state index contributed by atoms with van der Waals surface area (Å²) in [5.41, 5.74) is 1.51. The molecule has 2 aromatic rings. The minimum Gasteiger partial charge on any atom is -0.367 e. The highest BCUT2D eigenvalue weighted by Gasteiger charge is 2.13. The van der Waals surface area contributed by atoms with E-state index < -0.39 is 0 Å². The number of halogens is 1. The van der Waals surface area contributed by atoms with Crippen LogP contribution in [0.15, 0.2) is 30.3 Å². The summed E-state index contributed by atoms with van der Waals surface area (Å²) in [5.74, 6) is 1.18. The van der Waals surface area contributed by atoms with Crippen molar-refractivity contribution in [2.45, 2.75) is 58.0 Å². The molecule has 1 aliphatic carbocycles. The maximum Gasteiger partial charge on any atom is 0.225 e. The second-order valence-corrected chi connectivity index (χ2v) is 6.50. The van der Waals surface area contributed by atoms with Gasteiger partial charge in [-0.15, -0.1) is 0 Å². The Hall–Kier alpha value is -2.17. The third-order valence-electron chi connectivity index (χ3n) is 4.46. The first kappa shape index (κ1) is 16.7. The van der Waals surface area contributed by atoms with E-state index in [0.29, 0.717) is 24.1 Å². The number of aromatic nitrogens is 2. The highest BCUT2D eigenvalue weighted by molar-refractivity contribution is 5.43. The van der Waals surface area contributed by atoms with E-state index >= 15 is 0 Å². The molecule has 0 spiro atoms. The van der Waals surface area contributed by atoms with Crippen LogP contribution in [-0.2, 0) is 6.54 Å². The van der Waals surface area contributed by atoms with Gasteiger partial charge in [-0.1, -0.05) is 43.9 Å². The molecule has 1 saturated carbocycles. The van der Waals surface area contributed by atoms with Gasteiger partial charge in [0.1, 0.15) is 11.6 Å². The molecule has 1 aliphatic rings. The quantitative estimate of drug-likeness (QED) is 0.783. The Morgan fingerprint density at radius 1 is 1.08 bits per heavy atom. The molecular formula is C19H25FN4. The van der Waals surface area contributed by atoms with Crippen LogP contribution in [-0.4, -0.2) is 16.0 Å². The van der Waals surface area contributed by atoms with Crippen molar-refractivity contribution in [3.05, 3.63) is 47.4 Å². The summed E-state index contributed by atoms with van der Waals surface area (Å²) in [6.45, 7) is 2.33. The number of nitrogens with zero attached hydrogens (tertiary/aromatic N) is 2. The standard InChI is InChI=1S/C19H25FN4/c1-14-12-18(23-16-9-4-2-3-5-10-16)24-19(22-14)21-13-15-8-6-7-11-17(15)20/h6-8,11-12,16H,2-5,9-10,13H2,1H3,(H2,21,22,23,24). The third-order valence-corrected chi connectivity index (χ3v) is 4.46. The highest BCUT2D eigenvalue weighted by atomic mass is 19.1. The van der Waals surface area contributed by atoms with Gasteiger partial charge in [0.15, 0.2) is 0 Å². The zero-order chi connectivity index (χ0) is 16.8. The Morgan fingerprint density at radius 2 is 1.83 bits per heavy atom. The van der Waals surface area contributed by atoms with Crippen molar-refractivity contribution in [2.75, 3.05) is 10.6 Å². The number of benzene rings is 1. The first-order valence-electron chi connectivity index (χ1n) is 8.80. The van der Waals surface area contributed by atoms with Gasteiger partial charge in [-0.05, 0) is 25.8 Å². The normalized spacial score (nSPS) is 15.8. The van der Waals surface area contributed by atoms with Crippen LogP contribution in [0.1, 0.15) is 49.8 Å². The zero-order valence-electron chi connectivity index (χ0n) is 14.2. The van der Waals surface area contributed by atoms with Crippen molar-refractivity contribution in [3.63, 3.8) is 0 Å². The van der Waals surface area contributed by atoms with Crippen molar-refractivity contribution in [1.82, 2.24) is 9.97 Å². The zero-order valence-corrected chi connectivity index (χ0v) is 14.2. The highest BCUT2D eigenvalue weighted by Crippen LogP contribution is 2.21. The molecule has 0 atom stereocenters. The van der Waals surface area contributed by atoms with Gasteiger partial charge in [0, 0.05) is 29.9 Å². The van der Waals surface area contributed by atoms with E-state index in [9.17, 15) is 4.39 Å². The van der Waals surface area contributed by atoms with Crippen LogP contribution in [0.3, 0.4) is 0 Å². The molecule has 2 N–H and O–H groups in total. The lowest BCUT2D eigenvalue weighted by Gasteiger charge is -2.18. The summed E-state index contributed by atoms with van der Waals surface area (Å²) in [4.78, 5) is 8.95. The fourth-order valence-electron chi connectivity index (χ4n) is 3.17. The average molecular weight is 328 g/mol. The third kappa shape index (κ3) is 4.66. The van der Waals surface area contributed by atoms with E-state index in [1.54, 1.807) is 12.1 Å². The Labute approximate surface area is 142 Å². The lowest BCUT2D eigenvalue weighted by molar-refractivity contribution is 0.612. The number of hydrogen-bond acceptors (Lipinski definition) is 4. The summed E-state index contributed by atoms with van der Waals surface area (Å²) in [5, 5.41) is 6.68. The summed E-state index contributed by atoms with van der Waals surface area (Å²) >= 11 is 0. The minimum atomic E-state index is -0.213. The number of rotatable bonds is 5. The second kappa shape index (κ2) is 8.08. The van der Waals surface area contributed by atoms with Crippen LogP contribution in [0.4, 0.5) is 16.2 Å². The molecule has 4 nitrogen and oxygen atoms in total. The average Bonchev–Trinajstić information content (AvgIpc) is 2.82. The number of hydrogen-bond donors (Lipinski definition) is 2. The smallest absolute Gasteiger partial charge is 0.225 e.